The number of halogens is 1. The Hall–Kier alpha value is -2.28. The van der Waals surface area contributed by atoms with Gasteiger partial charge in [0.25, 0.3) is 0 Å². The first-order valence-corrected chi connectivity index (χ1v) is 9.57. The van der Waals surface area contributed by atoms with Gasteiger partial charge in [-0.2, -0.15) is 0 Å². The zero-order chi connectivity index (χ0) is 19.8. The number of hydrogen-bond acceptors (Lipinski definition) is 5. The summed E-state index contributed by atoms with van der Waals surface area (Å²) in [5, 5.41) is 10.5. The van der Waals surface area contributed by atoms with Gasteiger partial charge in [0, 0.05) is 26.2 Å². The second-order valence-corrected chi connectivity index (χ2v) is 7.08. The maximum atomic E-state index is 13.5. The minimum absolute atomic E-state index is 0.0655. The van der Waals surface area contributed by atoms with Crippen LogP contribution in [0, 0.1) is 5.82 Å². The van der Waals surface area contributed by atoms with Crippen LogP contribution in [0.5, 0.6) is 5.75 Å². The van der Waals surface area contributed by atoms with E-state index in [1.807, 2.05) is 6.07 Å². The van der Waals surface area contributed by atoms with Gasteiger partial charge in [-0.25, -0.2) is 4.39 Å². The zero-order valence-corrected chi connectivity index (χ0v) is 15.8. The minimum Gasteiger partial charge on any atom is -0.490 e. The SMILES string of the molecule is O=Cc1ccccc1OCC(O)CN(Cc1cccc(F)c1)CC1CCCO1. The summed E-state index contributed by atoms with van der Waals surface area (Å²) in [6, 6.07) is 13.4. The molecule has 0 radical (unpaired) electrons. The number of ether oxygens (including phenoxy) is 2. The molecule has 28 heavy (non-hydrogen) atoms. The average Bonchev–Trinajstić information content (AvgIpc) is 3.19. The molecule has 0 amide bonds. The van der Waals surface area contributed by atoms with Gasteiger partial charge in [-0.05, 0) is 42.7 Å². The number of aliphatic hydroxyl groups excluding tert-OH is 1. The lowest BCUT2D eigenvalue weighted by Gasteiger charge is -2.27. The first-order valence-electron chi connectivity index (χ1n) is 9.57. The number of carbonyl (C=O) groups is 1. The molecule has 2 aromatic rings. The quantitative estimate of drug-likeness (QED) is 0.635. The number of rotatable bonds is 10. The predicted molar refractivity (Wildman–Crippen MR) is 104 cm³/mol. The molecule has 0 aromatic heterocycles. The van der Waals surface area contributed by atoms with Gasteiger partial charge in [-0.3, -0.25) is 9.69 Å². The highest BCUT2D eigenvalue weighted by molar-refractivity contribution is 5.79. The van der Waals surface area contributed by atoms with E-state index in [1.165, 1.54) is 12.1 Å². The van der Waals surface area contributed by atoms with Crippen LogP contribution in [0.15, 0.2) is 48.5 Å². The van der Waals surface area contributed by atoms with E-state index < -0.39 is 6.10 Å². The molecular weight excluding hydrogens is 361 g/mol. The van der Waals surface area contributed by atoms with Crippen LogP contribution < -0.4 is 4.74 Å². The van der Waals surface area contributed by atoms with Crippen molar-refractivity contribution in [3.63, 3.8) is 0 Å². The molecule has 1 aliphatic rings. The molecule has 0 aliphatic carbocycles. The number of hydrogen-bond donors (Lipinski definition) is 1. The van der Waals surface area contributed by atoms with Gasteiger partial charge in [0.1, 0.15) is 24.3 Å². The third-order valence-corrected chi connectivity index (χ3v) is 4.73. The molecule has 1 aliphatic heterocycles. The van der Waals surface area contributed by atoms with E-state index in [0.717, 1.165) is 31.3 Å². The first-order chi connectivity index (χ1) is 13.6. The fourth-order valence-corrected chi connectivity index (χ4v) is 3.42. The fraction of sp³-hybridized carbons (Fsp3) is 0.409. The highest BCUT2D eigenvalue weighted by atomic mass is 19.1. The highest BCUT2D eigenvalue weighted by Crippen LogP contribution is 2.18. The van der Waals surface area contributed by atoms with E-state index in [-0.39, 0.29) is 18.5 Å². The second kappa shape index (κ2) is 10.3. The van der Waals surface area contributed by atoms with Crippen LogP contribution in [0.1, 0.15) is 28.8 Å². The van der Waals surface area contributed by atoms with E-state index in [4.69, 9.17) is 9.47 Å². The molecule has 1 N–H and O–H groups in total. The number of para-hydroxylation sites is 1. The minimum atomic E-state index is -0.755. The largest absolute Gasteiger partial charge is 0.490 e. The lowest BCUT2D eigenvalue weighted by molar-refractivity contribution is 0.0312. The molecule has 1 saturated heterocycles. The summed E-state index contributed by atoms with van der Waals surface area (Å²) in [6.45, 7) is 2.36. The molecule has 2 atom stereocenters. The third-order valence-electron chi connectivity index (χ3n) is 4.73. The van der Waals surface area contributed by atoms with E-state index in [2.05, 4.69) is 4.90 Å². The molecular formula is C22H26FNO4. The molecule has 6 heteroatoms. The Morgan fingerprint density at radius 1 is 1.29 bits per heavy atom. The van der Waals surface area contributed by atoms with E-state index in [0.29, 0.717) is 30.9 Å². The lowest BCUT2D eigenvalue weighted by Crippen LogP contribution is -2.39. The van der Waals surface area contributed by atoms with Crippen LogP contribution in [-0.4, -0.2) is 54.8 Å². The predicted octanol–water partition coefficient (Wildman–Crippen LogP) is 3.06. The summed E-state index contributed by atoms with van der Waals surface area (Å²) >= 11 is 0. The van der Waals surface area contributed by atoms with Crippen molar-refractivity contribution in [3.8, 4) is 5.75 Å². The number of aldehydes is 1. The van der Waals surface area contributed by atoms with Gasteiger partial charge in [-0.15, -0.1) is 0 Å². The smallest absolute Gasteiger partial charge is 0.153 e. The Bertz CT molecular complexity index is 764. The van der Waals surface area contributed by atoms with Crippen molar-refractivity contribution >= 4 is 6.29 Å². The van der Waals surface area contributed by atoms with E-state index in [1.54, 1.807) is 30.3 Å². The molecule has 3 rings (SSSR count). The summed E-state index contributed by atoms with van der Waals surface area (Å²) < 4.78 is 24.9. The van der Waals surface area contributed by atoms with Crippen molar-refractivity contribution in [1.82, 2.24) is 4.90 Å². The summed E-state index contributed by atoms with van der Waals surface area (Å²) in [5.41, 5.74) is 1.29. The lowest BCUT2D eigenvalue weighted by atomic mass is 10.1. The van der Waals surface area contributed by atoms with Crippen LogP contribution in [0.4, 0.5) is 4.39 Å². The molecule has 0 spiro atoms. The van der Waals surface area contributed by atoms with Gasteiger partial charge < -0.3 is 14.6 Å². The van der Waals surface area contributed by atoms with Crippen molar-refractivity contribution in [2.24, 2.45) is 0 Å². The Morgan fingerprint density at radius 3 is 2.89 bits per heavy atom. The van der Waals surface area contributed by atoms with E-state index in [9.17, 15) is 14.3 Å². The standard InChI is InChI=1S/C22H26FNO4/c23-19-7-3-5-17(11-19)12-24(14-21-8-4-10-27-21)13-20(26)16-28-22-9-2-1-6-18(22)15-25/h1-3,5-7,9,11,15,20-21,26H,4,8,10,12-14,16H2. The Kier molecular flexibility index (Phi) is 7.54. The van der Waals surface area contributed by atoms with Gasteiger partial charge in [0.2, 0.25) is 0 Å². The maximum absolute atomic E-state index is 13.5. The Labute approximate surface area is 164 Å². The molecule has 0 bridgehead atoms. The van der Waals surface area contributed by atoms with Gasteiger partial charge >= 0.3 is 0 Å². The molecule has 150 valence electrons. The third kappa shape index (κ3) is 6.12. The van der Waals surface area contributed by atoms with Gasteiger partial charge in [-0.1, -0.05) is 24.3 Å². The fourth-order valence-electron chi connectivity index (χ4n) is 3.42. The summed E-state index contributed by atoms with van der Waals surface area (Å²) in [5.74, 6) is 0.177. The van der Waals surface area contributed by atoms with Gasteiger partial charge in [0.15, 0.2) is 6.29 Å². The Morgan fingerprint density at radius 2 is 2.14 bits per heavy atom. The molecule has 2 unspecified atom stereocenters. The first kappa shape index (κ1) is 20.5. The number of carbonyl (C=O) groups excluding carboxylic acids is 1. The van der Waals surface area contributed by atoms with Crippen LogP contribution in [-0.2, 0) is 11.3 Å². The molecule has 1 heterocycles. The normalized spacial score (nSPS) is 17.6. The van der Waals surface area contributed by atoms with E-state index >= 15 is 0 Å². The van der Waals surface area contributed by atoms with Gasteiger partial charge in [0.05, 0.1) is 11.7 Å². The molecule has 2 aromatic carbocycles. The second-order valence-electron chi connectivity index (χ2n) is 7.08. The van der Waals surface area contributed by atoms with Crippen molar-refractivity contribution in [1.29, 1.82) is 0 Å². The maximum Gasteiger partial charge on any atom is 0.153 e. The van der Waals surface area contributed by atoms with Crippen molar-refractivity contribution < 1.29 is 23.8 Å². The Balaban J connectivity index is 1.59. The number of nitrogens with zero attached hydrogens (tertiary/aromatic N) is 1. The van der Waals surface area contributed by atoms with Crippen LogP contribution in [0.25, 0.3) is 0 Å². The van der Waals surface area contributed by atoms with Crippen molar-refractivity contribution in [3.05, 3.63) is 65.5 Å². The van der Waals surface area contributed by atoms with Crippen molar-refractivity contribution in [2.45, 2.75) is 31.6 Å². The average molecular weight is 387 g/mol. The molecule has 1 fully saturated rings. The van der Waals surface area contributed by atoms with Crippen molar-refractivity contribution in [2.75, 3.05) is 26.3 Å². The summed E-state index contributed by atoms with van der Waals surface area (Å²) in [6.07, 6.45) is 2.12. The number of aliphatic hydroxyl groups is 1. The monoisotopic (exact) mass is 387 g/mol. The van der Waals surface area contributed by atoms with Crippen LogP contribution >= 0.6 is 0 Å². The number of benzene rings is 2. The summed E-state index contributed by atoms with van der Waals surface area (Å²) in [7, 11) is 0. The zero-order valence-electron chi connectivity index (χ0n) is 15.8. The topological polar surface area (TPSA) is 59.0 Å². The van der Waals surface area contributed by atoms with Crippen LogP contribution in [0.3, 0.4) is 0 Å². The highest BCUT2D eigenvalue weighted by Gasteiger charge is 2.21. The molecule has 0 saturated carbocycles. The van der Waals surface area contributed by atoms with Crippen LogP contribution in [0.2, 0.25) is 0 Å². The summed E-state index contributed by atoms with van der Waals surface area (Å²) in [4.78, 5) is 13.1. The molecule has 5 nitrogen and oxygen atoms in total.